The summed E-state index contributed by atoms with van der Waals surface area (Å²) in [5, 5.41) is 9.70. The Hall–Kier alpha value is -1.81. The Morgan fingerprint density at radius 1 is 1.40 bits per heavy atom. The van der Waals surface area contributed by atoms with Crippen molar-refractivity contribution in [3.8, 4) is 0 Å². The maximum Gasteiger partial charge on any atom is 0.289 e. The summed E-state index contributed by atoms with van der Waals surface area (Å²) in [5.41, 5.74) is 2.26. The minimum absolute atomic E-state index is 0.0595. The van der Waals surface area contributed by atoms with Crippen molar-refractivity contribution >= 4 is 5.91 Å². The van der Waals surface area contributed by atoms with Crippen LogP contribution in [-0.2, 0) is 16.0 Å². The second-order valence-electron chi connectivity index (χ2n) is 5.20. The summed E-state index contributed by atoms with van der Waals surface area (Å²) in [5.74, 6) is 0.340. The van der Waals surface area contributed by atoms with Gasteiger partial charge in [0, 0.05) is 6.54 Å². The molecule has 106 valence electrons. The molecule has 0 fully saturated rings. The summed E-state index contributed by atoms with van der Waals surface area (Å²) in [6, 6.07) is 7.74. The highest BCUT2D eigenvalue weighted by molar-refractivity contribution is 5.92. The van der Waals surface area contributed by atoms with Crippen LogP contribution in [0, 0.1) is 0 Å². The summed E-state index contributed by atoms with van der Waals surface area (Å²) in [6.45, 7) is 1.17. The maximum absolute atomic E-state index is 12.6. The molecular formula is C16H19NO3. The molecule has 1 atom stereocenters. The van der Waals surface area contributed by atoms with E-state index in [-0.39, 0.29) is 18.6 Å². The first-order valence-corrected chi connectivity index (χ1v) is 7.14. The van der Waals surface area contributed by atoms with Crippen molar-refractivity contribution in [1.29, 1.82) is 0 Å². The molecule has 1 aromatic carbocycles. The zero-order valence-corrected chi connectivity index (χ0v) is 11.4. The Balaban J connectivity index is 1.87. The first kappa shape index (κ1) is 13.2. The lowest BCUT2D eigenvalue weighted by Crippen LogP contribution is -2.42. The smallest absolute Gasteiger partial charge is 0.289 e. The number of hydrogen-bond acceptors (Lipinski definition) is 3. The van der Waals surface area contributed by atoms with Crippen LogP contribution in [0.25, 0.3) is 0 Å². The Bertz CT molecular complexity index is 538. The minimum Gasteiger partial charge on any atom is -0.488 e. The highest BCUT2D eigenvalue weighted by atomic mass is 16.5. The third kappa shape index (κ3) is 2.31. The van der Waals surface area contributed by atoms with Crippen molar-refractivity contribution in [2.24, 2.45) is 0 Å². The Morgan fingerprint density at radius 3 is 3.00 bits per heavy atom. The number of carbonyl (C=O) groups excluding carboxylic acids is 1. The first-order chi connectivity index (χ1) is 9.81. The van der Waals surface area contributed by atoms with Gasteiger partial charge >= 0.3 is 0 Å². The Labute approximate surface area is 118 Å². The fourth-order valence-electron chi connectivity index (χ4n) is 2.94. The lowest BCUT2D eigenvalue weighted by molar-refractivity contribution is -0.135. The highest BCUT2D eigenvalue weighted by Crippen LogP contribution is 2.30. The van der Waals surface area contributed by atoms with Crippen LogP contribution >= 0.6 is 0 Å². The van der Waals surface area contributed by atoms with Crippen LogP contribution in [0.3, 0.4) is 0 Å². The number of carbonyl (C=O) groups is 1. The lowest BCUT2D eigenvalue weighted by atomic mass is 9.92. The average molecular weight is 273 g/mol. The number of ether oxygens (including phenoxy) is 1. The van der Waals surface area contributed by atoms with E-state index < -0.39 is 0 Å². The van der Waals surface area contributed by atoms with Gasteiger partial charge in [-0.05, 0) is 36.5 Å². The van der Waals surface area contributed by atoms with Crippen molar-refractivity contribution in [2.45, 2.75) is 25.3 Å². The molecule has 1 unspecified atom stereocenters. The van der Waals surface area contributed by atoms with E-state index >= 15 is 0 Å². The summed E-state index contributed by atoms with van der Waals surface area (Å²) < 4.78 is 5.46. The van der Waals surface area contributed by atoms with Crippen LogP contribution < -0.4 is 0 Å². The number of fused-ring (bicyclic) bond motifs is 1. The van der Waals surface area contributed by atoms with E-state index in [0.29, 0.717) is 18.9 Å². The molecule has 0 radical (unpaired) electrons. The molecule has 0 aliphatic carbocycles. The number of aliphatic hydroxyl groups is 1. The molecule has 3 rings (SSSR count). The number of amides is 1. The Kier molecular flexibility index (Phi) is 3.74. The average Bonchev–Trinajstić information content (AvgIpc) is 2.54. The number of nitrogens with zero attached hydrogens (tertiary/aromatic N) is 1. The largest absolute Gasteiger partial charge is 0.488 e. The zero-order valence-electron chi connectivity index (χ0n) is 11.4. The molecule has 2 aliphatic heterocycles. The molecule has 4 nitrogen and oxygen atoms in total. The molecule has 0 aromatic heterocycles. The molecule has 1 N–H and O–H groups in total. The normalized spacial score (nSPS) is 21.8. The van der Waals surface area contributed by atoms with Gasteiger partial charge in [0.1, 0.15) is 0 Å². The van der Waals surface area contributed by atoms with E-state index in [1.807, 2.05) is 24.3 Å². The van der Waals surface area contributed by atoms with Gasteiger partial charge in [-0.3, -0.25) is 4.79 Å². The van der Waals surface area contributed by atoms with Crippen molar-refractivity contribution in [3.63, 3.8) is 0 Å². The summed E-state index contributed by atoms with van der Waals surface area (Å²) in [4.78, 5) is 14.3. The highest BCUT2D eigenvalue weighted by Gasteiger charge is 2.32. The number of benzene rings is 1. The van der Waals surface area contributed by atoms with Crippen molar-refractivity contribution in [2.75, 3.05) is 19.8 Å². The third-order valence-electron chi connectivity index (χ3n) is 3.99. The zero-order chi connectivity index (χ0) is 13.9. The van der Waals surface area contributed by atoms with E-state index in [0.717, 1.165) is 24.8 Å². The van der Waals surface area contributed by atoms with Crippen LogP contribution in [-0.4, -0.2) is 35.7 Å². The van der Waals surface area contributed by atoms with Crippen LogP contribution in [0.1, 0.15) is 30.0 Å². The fourth-order valence-corrected chi connectivity index (χ4v) is 2.94. The van der Waals surface area contributed by atoms with Crippen molar-refractivity contribution in [1.82, 2.24) is 4.90 Å². The van der Waals surface area contributed by atoms with E-state index in [1.165, 1.54) is 5.56 Å². The molecule has 20 heavy (non-hydrogen) atoms. The summed E-state index contributed by atoms with van der Waals surface area (Å²) in [7, 11) is 0. The van der Waals surface area contributed by atoms with Gasteiger partial charge in [0.25, 0.3) is 5.91 Å². The molecule has 2 aliphatic rings. The van der Waals surface area contributed by atoms with E-state index in [1.54, 1.807) is 4.90 Å². The topological polar surface area (TPSA) is 49.8 Å². The number of aliphatic hydroxyl groups excluding tert-OH is 1. The maximum atomic E-state index is 12.6. The van der Waals surface area contributed by atoms with Crippen LogP contribution in [0.2, 0.25) is 0 Å². The number of hydrogen-bond donors (Lipinski definition) is 1. The minimum atomic E-state index is -0.265. The van der Waals surface area contributed by atoms with E-state index in [2.05, 4.69) is 6.07 Å². The van der Waals surface area contributed by atoms with Gasteiger partial charge < -0.3 is 14.7 Å². The van der Waals surface area contributed by atoms with Crippen molar-refractivity contribution in [3.05, 3.63) is 47.2 Å². The lowest BCUT2D eigenvalue weighted by Gasteiger charge is -2.37. The van der Waals surface area contributed by atoms with Crippen LogP contribution in [0.4, 0.5) is 0 Å². The molecule has 0 saturated carbocycles. The molecule has 0 saturated heterocycles. The molecular weight excluding hydrogens is 254 g/mol. The van der Waals surface area contributed by atoms with Gasteiger partial charge in [-0.25, -0.2) is 0 Å². The predicted octanol–water partition coefficient (Wildman–Crippen LogP) is 1.80. The standard InChI is InChI=1S/C16H19NO3/c18-11-14-13-6-2-1-5-12(13)8-9-17(14)16(19)15-7-3-4-10-20-15/h1-2,5-7,14,18H,3-4,8-11H2. The third-order valence-corrected chi connectivity index (χ3v) is 3.99. The molecule has 1 aromatic rings. The quantitative estimate of drug-likeness (QED) is 0.894. The van der Waals surface area contributed by atoms with Gasteiger partial charge in [-0.15, -0.1) is 0 Å². The number of rotatable bonds is 2. The van der Waals surface area contributed by atoms with Gasteiger partial charge in [-0.2, -0.15) is 0 Å². The molecule has 0 spiro atoms. The van der Waals surface area contributed by atoms with Gasteiger partial charge in [-0.1, -0.05) is 24.3 Å². The van der Waals surface area contributed by atoms with Gasteiger partial charge in [0.05, 0.1) is 19.3 Å². The SMILES string of the molecule is O=C(C1=CCCCO1)N1CCc2ccccc2C1CO. The van der Waals surface area contributed by atoms with Gasteiger partial charge in [0.2, 0.25) is 0 Å². The molecule has 0 bridgehead atoms. The molecule has 4 heteroatoms. The number of allylic oxidation sites excluding steroid dienone is 1. The Morgan fingerprint density at radius 2 is 2.25 bits per heavy atom. The van der Waals surface area contributed by atoms with Crippen LogP contribution in [0.15, 0.2) is 36.1 Å². The molecule has 1 amide bonds. The van der Waals surface area contributed by atoms with E-state index in [4.69, 9.17) is 4.74 Å². The second-order valence-corrected chi connectivity index (χ2v) is 5.20. The summed E-state index contributed by atoms with van der Waals surface area (Å²) in [6.07, 6.45) is 4.53. The second kappa shape index (κ2) is 5.67. The van der Waals surface area contributed by atoms with E-state index in [9.17, 15) is 9.90 Å². The monoisotopic (exact) mass is 273 g/mol. The van der Waals surface area contributed by atoms with Crippen molar-refractivity contribution < 1.29 is 14.6 Å². The predicted molar refractivity (Wildman–Crippen MR) is 75.0 cm³/mol. The first-order valence-electron chi connectivity index (χ1n) is 7.14. The van der Waals surface area contributed by atoms with Crippen LogP contribution in [0.5, 0.6) is 0 Å². The molecule has 2 heterocycles. The summed E-state index contributed by atoms with van der Waals surface area (Å²) >= 11 is 0. The fraction of sp³-hybridized carbons (Fsp3) is 0.438. The van der Waals surface area contributed by atoms with Gasteiger partial charge in [0.15, 0.2) is 5.76 Å².